The van der Waals surface area contributed by atoms with Crippen molar-refractivity contribution in [3.05, 3.63) is 41.4 Å². The third-order valence-corrected chi connectivity index (χ3v) is 6.28. The zero-order chi connectivity index (χ0) is 15.0. The molecule has 1 unspecified atom stereocenters. The van der Waals surface area contributed by atoms with Gasteiger partial charge in [0.25, 0.3) is 0 Å². The van der Waals surface area contributed by atoms with Gasteiger partial charge in [-0.15, -0.1) is 12.4 Å². The molecule has 7 heteroatoms. The van der Waals surface area contributed by atoms with Gasteiger partial charge in [0.2, 0.25) is 10.0 Å². The number of hydrogen-bond donors (Lipinski definition) is 1. The second kappa shape index (κ2) is 6.72. The van der Waals surface area contributed by atoms with Crippen LogP contribution in [0, 0.1) is 5.92 Å². The second-order valence-corrected chi connectivity index (χ2v) is 7.66. The van der Waals surface area contributed by atoms with Crippen LogP contribution in [-0.2, 0) is 10.0 Å². The molecule has 2 aromatic carbocycles. The second-order valence-electron chi connectivity index (χ2n) is 5.34. The van der Waals surface area contributed by atoms with E-state index in [0.717, 1.165) is 11.8 Å². The van der Waals surface area contributed by atoms with Crippen LogP contribution in [0.25, 0.3) is 10.8 Å². The van der Waals surface area contributed by atoms with Crippen molar-refractivity contribution in [1.29, 1.82) is 0 Å². The van der Waals surface area contributed by atoms with Gasteiger partial charge in [-0.05, 0) is 31.0 Å². The summed E-state index contributed by atoms with van der Waals surface area (Å²) < 4.78 is 27.3. The number of benzene rings is 2. The van der Waals surface area contributed by atoms with Gasteiger partial charge in [-0.1, -0.05) is 35.9 Å². The number of rotatable bonds is 3. The molecule has 1 saturated heterocycles. The van der Waals surface area contributed by atoms with Crippen LogP contribution >= 0.6 is 24.0 Å². The average molecular weight is 361 g/mol. The molecule has 4 nitrogen and oxygen atoms in total. The van der Waals surface area contributed by atoms with Gasteiger partial charge in [-0.3, -0.25) is 0 Å². The molecule has 1 heterocycles. The maximum atomic E-state index is 12.9. The minimum absolute atomic E-state index is 0. The number of fused-ring (bicyclic) bond motifs is 1. The monoisotopic (exact) mass is 360 g/mol. The molecule has 0 radical (unpaired) electrons. The first-order chi connectivity index (χ1) is 10.0. The van der Waals surface area contributed by atoms with E-state index >= 15 is 0 Å². The highest BCUT2D eigenvalue weighted by Gasteiger charge is 2.32. The lowest BCUT2D eigenvalue weighted by Crippen LogP contribution is -2.30. The Bertz CT molecular complexity index is 780. The van der Waals surface area contributed by atoms with E-state index in [1.165, 1.54) is 4.31 Å². The van der Waals surface area contributed by atoms with E-state index in [0.29, 0.717) is 34.9 Å². The molecule has 1 atom stereocenters. The van der Waals surface area contributed by atoms with Crippen molar-refractivity contribution >= 4 is 44.8 Å². The fraction of sp³-hybridized carbons (Fsp3) is 0.333. The minimum atomic E-state index is -3.51. The molecule has 120 valence electrons. The van der Waals surface area contributed by atoms with Crippen molar-refractivity contribution in [1.82, 2.24) is 4.31 Å². The van der Waals surface area contributed by atoms with Gasteiger partial charge in [0.1, 0.15) is 0 Å². The molecule has 1 fully saturated rings. The van der Waals surface area contributed by atoms with E-state index in [-0.39, 0.29) is 18.3 Å². The topological polar surface area (TPSA) is 63.4 Å². The van der Waals surface area contributed by atoms with E-state index in [4.69, 9.17) is 17.3 Å². The number of nitrogens with two attached hydrogens (primary N) is 1. The largest absolute Gasteiger partial charge is 0.330 e. The highest BCUT2D eigenvalue weighted by atomic mass is 35.5. The van der Waals surface area contributed by atoms with E-state index in [9.17, 15) is 8.42 Å². The van der Waals surface area contributed by atoms with Crippen LogP contribution in [0.3, 0.4) is 0 Å². The van der Waals surface area contributed by atoms with E-state index in [2.05, 4.69) is 0 Å². The van der Waals surface area contributed by atoms with Gasteiger partial charge in [0.05, 0.1) is 4.90 Å². The highest BCUT2D eigenvalue weighted by Crippen LogP contribution is 2.32. The molecule has 22 heavy (non-hydrogen) atoms. The van der Waals surface area contributed by atoms with Crippen molar-refractivity contribution < 1.29 is 8.42 Å². The first-order valence-corrected chi connectivity index (χ1v) is 8.73. The van der Waals surface area contributed by atoms with Crippen LogP contribution < -0.4 is 5.73 Å². The Kier molecular flexibility index (Phi) is 5.35. The van der Waals surface area contributed by atoms with Gasteiger partial charge in [0.15, 0.2) is 0 Å². The van der Waals surface area contributed by atoms with Crippen molar-refractivity contribution in [3.63, 3.8) is 0 Å². The summed E-state index contributed by atoms with van der Waals surface area (Å²) in [5, 5.41) is 1.99. The fourth-order valence-corrected chi connectivity index (χ4v) is 4.76. The summed E-state index contributed by atoms with van der Waals surface area (Å²) in [6, 6.07) is 10.5. The first kappa shape index (κ1) is 17.5. The summed E-state index contributed by atoms with van der Waals surface area (Å²) in [5.41, 5.74) is 5.65. The zero-order valence-corrected chi connectivity index (χ0v) is 14.3. The molecule has 0 bridgehead atoms. The highest BCUT2D eigenvalue weighted by molar-refractivity contribution is 7.89. The van der Waals surface area contributed by atoms with Crippen LogP contribution in [0.2, 0.25) is 5.02 Å². The number of hydrogen-bond acceptors (Lipinski definition) is 3. The summed E-state index contributed by atoms with van der Waals surface area (Å²) in [6.45, 7) is 1.55. The molecule has 2 aromatic rings. The van der Waals surface area contributed by atoms with Crippen molar-refractivity contribution in [2.45, 2.75) is 11.3 Å². The molecule has 1 aliphatic rings. The summed E-state index contributed by atoms with van der Waals surface area (Å²) in [5.74, 6) is 0.248. The average Bonchev–Trinajstić information content (AvgIpc) is 2.97. The Morgan fingerprint density at radius 3 is 2.50 bits per heavy atom. The Labute approximate surface area is 141 Å². The quantitative estimate of drug-likeness (QED) is 0.914. The van der Waals surface area contributed by atoms with E-state index < -0.39 is 10.0 Å². The van der Waals surface area contributed by atoms with Crippen LogP contribution in [-0.4, -0.2) is 32.4 Å². The standard InChI is InChI=1S/C15H17ClN2O2S.ClH/c16-14-5-6-15(13-4-2-1-3-12(13)14)21(19,20)18-8-7-11(9-17)10-18;/h1-6,11H,7-10,17H2;1H. The van der Waals surface area contributed by atoms with Gasteiger partial charge in [-0.2, -0.15) is 4.31 Å². The lowest BCUT2D eigenvalue weighted by molar-refractivity contribution is 0.460. The predicted octanol–water partition coefficient (Wildman–Crippen LogP) is 2.88. The summed E-state index contributed by atoms with van der Waals surface area (Å²) >= 11 is 6.16. The third kappa shape index (κ3) is 2.96. The summed E-state index contributed by atoms with van der Waals surface area (Å²) in [7, 11) is -3.51. The van der Waals surface area contributed by atoms with Gasteiger partial charge >= 0.3 is 0 Å². The number of halogens is 2. The van der Waals surface area contributed by atoms with Gasteiger partial charge in [-0.25, -0.2) is 8.42 Å². The molecule has 2 N–H and O–H groups in total. The molecule has 3 rings (SSSR count). The molecular formula is C15H18Cl2N2O2S. The van der Waals surface area contributed by atoms with Crippen molar-refractivity contribution in [3.8, 4) is 0 Å². The molecule has 0 aromatic heterocycles. The predicted molar refractivity (Wildman–Crippen MR) is 92.1 cm³/mol. The Morgan fingerprint density at radius 1 is 1.18 bits per heavy atom. The normalized spacial score (nSPS) is 19.3. The molecule has 1 aliphatic heterocycles. The smallest absolute Gasteiger partial charge is 0.243 e. The Morgan fingerprint density at radius 2 is 1.86 bits per heavy atom. The Hall–Kier alpha value is -0.850. The maximum Gasteiger partial charge on any atom is 0.243 e. The maximum absolute atomic E-state index is 12.9. The van der Waals surface area contributed by atoms with Crippen LogP contribution in [0.4, 0.5) is 0 Å². The molecule has 0 saturated carbocycles. The molecule has 0 spiro atoms. The third-order valence-electron chi connectivity index (χ3n) is 4.03. The van der Waals surface area contributed by atoms with Crippen LogP contribution in [0.1, 0.15) is 6.42 Å². The summed E-state index contributed by atoms with van der Waals surface area (Å²) in [6.07, 6.45) is 0.821. The zero-order valence-electron chi connectivity index (χ0n) is 11.9. The van der Waals surface area contributed by atoms with Gasteiger partial charge < -0.3 is 5.73 Å². The van der Waals surface area contributed by atoms with Gasteiger partial charge in [0, 0.05) is 28.9 Å². The number of nitrogens with zero attached hydrogens (tertiary/aromatic N) is 1. The SMILES string of the molecule is Cl.NCC1CCN(S(=O)(=O)c2ccc(Cl)c3ccccc23)C1. The molecule has 0 aliphatic carbocycles. The Balaban J connectivity index is 0.00000176. The lowest BCUT2D eigenvalue weighted by Gasteiger charge is -2.18. The van der Waals surface area contributed by atoms with E-state index in [1.54, 1.807) is 18.2 Å². The van der Waals surface area contributed by atoms with Crippen LogP contribution in [0.5, 0.6) is 0 Å². The van der Waals surface area contributed by atoms with Crippen LogP contribution in [0.15, 0.2) is 41.3 Å². The first-order valence-electron chi connectivity index (χ1n) is 6.91. The van der Waals surface area contributed by atoms with Crippen molar-refractivity contribution in [2.24, 2.45) is 11.7 Å². The van der Waals surface area contributed by atoms with Crippen molar-refractivity contribution in [2.75, 3.05) is 19.6 Å². The lowest BCUT2D eigenvalue weighted by atomic mass is 10.1. The molecular weight excluding hydrogens is 343 g/mol. The molecule has 0 amide bonds. The fourth-order valence-electron chi connectivity index (χ4n) is 2.81. The summed E-state index contributed by atoms with van der Waals surface area (Å²) in [4.78, 5) is 0.320. The number of sulfonamides is 1. The minimum Gasteiger partial charge on any atom is -0.330 e. The van der Waals surface area contributed by atoms with E-state index in [1.807, 2.05) is 18.2 Å².